The Hall–Kier alpha value is -1.90. The summed E-state index contributed by atoms with van der Waals surface area (Å²) in [6, 6.07) is 6.04. The van der Waals surface area contributed by atoms with Crippen LogP contribution in [0.3, 0.4) is 0 Å². The Bertz CT molecular complexity index is 515. The van der Waals surface area contributed by atoms with Gasteiger partial charge in [-0.15, -0.1) is 0 Å². The first-order valence-corrected chi connectivity index (χ1v) is 5.84. The van der Waals surface area contributed by atoms with Crippen molar-refractivity contribution >= 4 is 17.4 Å². The molecule has 1 heterocycles. The lowest BCUT2D eigenvalue weighted by molar-refractivity contribution is -0.123. The molecule has 3 heteroatoms. The van der Waals surface area contributed by atoms with Gasteiger partial charge in [0.15, 0.2) is 0 Å². The molecule has 0 bridgehead atoms. The smallest absolute Gasteiger partial charge is 0.258 e. The molecule has 1 aliphatic rings. The fourth-order valence-electron chi connectivity index (χ4n) is 2.03. The van der Waals surface area contributed by atoms with E-state index in [1.165, 1.54) is 11.6 Å². The first kappa shape index (κ1) is 11.6. The van der Waals surface area contributed by atoms with Crippen LogP contribution in [0.1, 0.15) is 30.5 Å². The van der Waals surface area contributed by atoms with Crippen LogP contribution in [0.15, 0.2) is 24.3 Å². The Balaban J connectivity index is 2.49. The Morgan fingerprint density at radius 1 is 1.12 bits per heavy atom. The summed E-state index contributed by atoms with van der Waals surface area (Å²) in [6.07, 6.45) is 3.20. The van der Waals surface area contributed by atoms with Gasteiger partial charge in [0.25, 0.3) is 11.8 Å². The van der Waals surface area contributed by atoms with Crippen LogP contribution in [-0.4, -0.2) is 11.8 Å². The summed E-state index contributed by atoms with van der Waals surface area (Å²) in [7, 11) is 0. The van der Waals surface area contributed by atoms with E-state index in [-0.39, 0.29) is 11.8 Å². The molecule has 0 saturated carbocycles. The number of imide groups is 1. The van der Waals surface area contributed by atoms with E-state index >= 15 is 0 Å². The molecule has 2 amide bonds. The van der Waals surface area contributed by atoms with Crippen LogP contribution in [0.2, 0.25) is 0 Å². The lowest BCUT2D eigenvalue weighted by Gasteiger charge is -2.09. The summed E-state index contributed by atoms with van der Waals surface area (Å²) in [5, 5.41) is 2.27. The Morgan fingerprint density at radius 3 is 2.41 bits per heavy atom. The molecule has 0 aliphatic carbocycles. The summed E-state index contributed by atoms with van der Waals surface area (Å²) in [6.45, 7) is 4.15. The average molecular weight is 229 g/mol. The molecule has 0 radical (unpaired) electrons. The van der Waals surface area contributed by atoms with Gasteiger partial charge in [-0.05, 0) is 29.5 Å². The van der Waals surface area contributed by atoms with Crippen molar-refractivity contribution < 1.29 is 9.59 Å². The zero-order valence-electron chi connectivity index (χ0n) is 10.0. The number of hydrogen-bond acceptors (Lipinski definition) is 2. The Morgan fingerprint density at radius 2 is 1.88 bits per heavy atom. The van der Waals surface area contributed by atoms with E-state index in [2.05, 4.69) is 18.3 Å². The number of aryl methyl sites for hydroxylation is 2. The van der Waals surface area contributed by atoms with Gasteiger partial charge in [0.05, 0.1) is 5.57 Å². The molecule has 2 rings (SSSR count). The van der Waals surface area contributed by atoms with Gasteiger partial charge in [-0.25, -0.2) is 0 Å². The molecule has 88 valence electrons. The van der Waals surface area contributed by atoms with Crippen molar-refractivity contribution in [1.82, 2.24) is 5.32 Å². The van der Waals surface area contributed by atoms with E-state index in [0.717, 1.165) is 24.0 Å². The van der Waals surface area contributed by atoms with Crippen LogP contribution in [0.5, 0.6) is 0 Å². The maximum atomic E-state index is 11.6. The van der Waals surface area contributed by atoms with Crippen molar-refractivity contribution in [1.29, 1.82) is 0 Å². The fourth-order valence-corrected chi connectivity index (χ4v) is 2.03. The van der Waals surface area contributed by atoms with Crippen LogP contribution >= 0.6 is 0 Å². The van der Waals surface area contributed by atoms with E-state index < -0.39 is 0 Å². The van der Waals surface area contributed by atoms with Gasteiger partial charge in [0.1, 0.15) is 0 Å². The van der Waals surface area contributed by atoms with Crippen molar-refractivity contribution in [3.8, 4) is 0 Å². The molecule has 1 aromatic rings. The van der Waals surface area contributed by atoms with Gasteiger partial charge in [-0.3, -0.25) is 14.9 Å². The fraction of sp³-hybridized carbons (Fsp3) is 0.286. The number of carbonyl (C=O) groups is 2. The lowest BCUT2D eigenvalue weighted by Crippen LogP contribution is -2.22. The maximum Gasteiger partial charge on any atom is 0.258 e. The molecule has 0 aromatic heterocycles. The molecule has 1 N–H and O–H groups in total. The van der Waals surface area contributed by atoms with Gasteiger partial charge in [-0.2, -0.15) is 0 Å². The molecule has 0 spiro atoms. The number of benzene rings is 1. The van der Waals surface area contributed by atoms with E-state index in [0.29, 0.717) is 5.57 Å². The number of carbonyl (C=O) groups excluding carboxylic acids is 2. The molecule has 0 fully saturated rings. The average Bonchev–Trinajstić information content (AvgIpc) is 2.67. The van der Waals surface area contributed by atoms with E-state index in [9.17, 15) is 9.59 Å². The first-order valence-electron chi connectivity index (χ1n) is 5.84. The highest BCUT2D eigenvalue weighted by molar-refractivity contribution is 6.33. The summed E-state index contributed by atoms with van der Waals surface area (Å²) in [5.41, 5.74) is 3.71. The predicted molar refractivity (Wildman–Crippen MR) is 66.3 cm³/mol. The molecule has 0 atom stereocenters. The minimum Gasteiger partial charge on any atom is -0.289 e. The molecule has 1 aromatic carbocycles. The highest BCUT2D eigenvalue weighted by Crippen LogP contribution is 2.24. The van der Waals surface area contributed by atoms with Gasteiger partial charge in [0.2, 0.25) is 0 Å². The largest absolute Gasteiger partial charge is 0.289 e. The second-order valence-electron chi connectivity index (χ2n) is 4.07. The second kappa shape index (κ2) is 4.53. The number of nitrogens with one attached hydrogen (secondary N) is 1. The number of rotatable bonds is 3. The first-order chi connectivity index (χ1) is 8.15. The third-order valence-electron chi connectivity index (χ3n) is 3.01. The molecule has 1 aliphatic heterocycles. The van der Waals surface area contributed by atoms with Gasteiger partial charge in [0, 0.05) is 6.08 Å². The molecular weight excluding hydrogens is 214 g/mol. The summed E-state index contributed by atoms with van der Waals surface area (Å²) >= 11 is 0. The molecular formula is C14H15NO2. The van der Waals surface area contributed by atoms with Crippen LogP contribution in [0.25, 0.3) is 5.57 Å². The van der Waals surface area contributed by atoms with Crippen molar-refractivity contribution in [2.24, 2.45) is 0 Å². The lowest BCUT2D eigenvalue weighted by atomic mass is 9.95. The quantitative estimate of drug-likeness (QED) is 0.804. The maximum absolute atomic E-state index is 11.6. The third kappa shape index (κ3) is 2.13. The number of amides is 2. The highest BCUT2D eigenvalue weighted by atomic mass is 16.2. The van der Waals surface area contributed by atoms with Crippen LogP contribution in [-0.2, 0) is 22.4 Å². The normalized spacial score (nSPS) is 14.8. The third-order valence-corrected chi connectivity index (χ3v) is 3.01. The summed E-state index contributed by atoms with van der Waals surface area (Å²) < 4.78 is 0. The van der Waals surface area contributed by atoms with E-state index in [1.807, 2.05) is 19.1 Å². The SMILES string of the molecule is CCc1ccc(C2=CC(=O)NC2=O)c(CC)c1. The molecule has 17 heavy (non-hydrogen) atoms. The molecule has 0 saturated heterocycles. The predicted octanol–water partition coefficient (Wildman–Crippen LogP) is 1.85. The van der Waals surface area contributed by atoms with Crippen molar-refractivity contribution in [3.63, 3.8) is 0 Å². The van der Waals surface area contributed by atoms with E-state index in [1.54, 1.807) is 0 Å². The van der Waals surface area contributed by atoms with Crippen molar-refractivity contribution in [3.05, 3.63) is 41.0 Å². The van der Waals surface area contributed by atoms with Crippen LogP contribution < -0.4 is 5.32 Å². The van der Waals surface area contributed by atoms with Crippen LogP contribution in [0.4, 0.5) is 0 Å². The standard InChI is InChI=1S/C14H15NO2/c1-3-9-5-6-11(10(4-2)7-9)12-8-13(16)15-14(12)17/h5-8H,3-4H2,1-2H3,(H,15,16,17). The van der Waals surface area contributed by atoms with Gasteiger partial charge in [-0.1, -0.05) is 32.0 Å². The second-order valence-corrected chi connectivity index (χ2v) is 4.07. The highest BCUT2D eigenvalue weighted by Gasteiger charge is 2.23. The Kier molecular flexibility index (Phi) is 3.09. The van der Waals surface area contributed by atoms with Crippen molar-refractivity contribution in [2.75, 3.05) is 0 Å². The molecule has 3 nitrogen and oxygen atoms in total. The Labute approximate surface area is 101 Å². The van der Waals surface area contributed by atoms with Crippen molar-refractivity contribution in [2.45, 2.75) is 26.7 Å². The minimum atomic E-state index is -0.327. The van der Waals surface area contributed by atoms with E-state index in [4.69, 9.17) is 0 Å². The minimum absolute atomic E-state index is 0.297. The van der Waals surface area contributed by atoms with Gasteiger partial charge >= 0.3 is 0 Å². The monoisotopic (exact) mass is 229 g/mol. The van der Waals surface area contributed by atoms with Gasteiger partial charge < -0.3 is 0 Å². The zero-order chi connectivity index (χ0) is 12.4. The van der Waals surface area contributed by atoms with Crippen LogP contribution in [0, 0.1) is 0 Å². The summed E-state index contributed by atoms with van der Waals surface area (Å²) in [4.78, 5) is 22.8. The number of hydrogen-bond donors (Lipinski definition) is 1. The molecule has 0 unspecified atom stereocenters. The summed E-state index contributed by atoms with van der Waals surface area (Å²) in [5.74, 6) is -0.624. The zero-order valence-corrected chi connectivity index (χ0v) is 10.0. The topological polar surface area (TPSA) is 46.2 Å².